The van der Waals surface area contributed by atoms with Gasteiger partial charge >= 0.3 is 12.7 Å². The first-order valence-corrected chi connectivity index (χ1v) is 7.19. The molecule has 0 atom stereocenters. The summed E-state index contributed by atoms with van der Waals surface area (Å²) in [6.45, 7) is 0. The SMILES string of the molecule is O=C(Nc1cccc([N+](=O)[O-])c1)c1cc(OC(F)(F)F)cc(OC(F)(F)F)c1O. The second kappa shape index (κ2) is 7.73. The zero-order valence-electron chi connectivity index (χ0n) is 13.7. The lowest BCUT2D eigenvalue weighted by atomic mass is 10.1. The zero-order valence-corrected chi connectivity index (χ0v) is 13.7. The van der Waals surface area contributed by atoms with Gasteiger partial charge in [-0.25, -0.2) is 0 Å². The summed E-state index contributed by atoms with van der Waals surface area (Å²) in [6.07, 6.45) is -10.7. The summed E-state index contributed by atoms with van der Waals surface area (Å²) in [5, 5.41) is 22.6. The molecule has 0 unspecified atom stereocenters. The smallest absolute Gasteiger partial charge is 0.504 e. The highest BCUT2D eigenvalue weighted by molar-refractivity contribution is 6.07. The molecule has 1 amide bonds. The summed E-state index contributed by atoms with van der Waals surface area (Å²) in [4.78, 5) is 22.2. The Labute approximate surface area is 156 Å². The van der Waals surface area contributed by atoms with E-state index in [2.05, 4.69) is 9.47 Å². The van der Waals surface area contributed by atoms with E-state index in [1.807, 2.05) is 5.32 Å². The van der Waals surface area contributed by atoms with E-state index >= 15 is 0 Å². The fraction of sp³-hybridized carbons (Fsp3) is 0.133. The molecule has 0 aliphatic rings. The number of ether oxygens (including phenoxy) is 2. The van der Waals surface area contributed by atoms with E-state index in [0.29, 0.717) is 6.07 Å². The van der Waals surface area contributed by atoms with Crippen LogP contribution in [-0.4, -0.2) is 28.7 Å². The van der Waals surface area contributed by atoms with Crippen molar-refractivity contribution in [3.05, 3.63) is 52.1 Å². The van der Waals surface area contributed by atoms with E-state index in [4.69, 9.17) is 0 Å². The molecule has 0 bridgehead atoms. The molecular weight excluding hydrogens is 418 g/mol. The largest absolute Gasteiger partial charge is 0.573 e. The number of phenolic OH excluding ortho intramolecular Hbond substituents is 1. The molecule has 29 heavy (non-hydrogen) atoms. The third kappa shape index (κ3) is 6.15. The van der Waals surface area contributed by atoms with Crippen molar-refractivity contribution in [2.75, 3.05) is 5.32 Å². The summed E-state index contributed by atoms with van der Waals surface area (Å²) >= 11 is 0. The molecule has 0 saturated carbocycles. The molecule has 0 aliphatic heterocycles. The van der Waals surface area contributed by atoms with Gasteiger partial charge in [0.05, 0.1) is 10.5 Å². The van der Waals surface area contributed by atoms with E-state index in [9.17, 15) is 46.4 Å². The van der Waals surface area contributed by atoms with Crippen molar-refractivity contribution in [1.82, 2.24) is 0 Å². The van der Waals surface area contributed by atoms with E-state index in [0.717, 1.165) is 24.3 Å². The average molecular weight is 426 g/mol. The van der Waals surface area contributed by atoms with Crippen LogP contribution in [0, 0.1) is 10.1 Å². The number of amides is 1. The average Bonchev–Trinajstić information content (AvgIpc) is 2.55. The van der Waals surface area contributed by atoms with Crippen molar-refractivity contribution >= 4 is 17.3 Å². The lowest BCUT2D eigenvalue weighted by Gasteiger charge is -2.16. The fourth-order valence-corrected chi connectivity index (χ4v) is 2.05. The molecule has 14 heteroatoms. The number of hydrogen-bond donors (Lipinski definition) is 2. The molecule has 0 radical (unpaired) electrons. The van der Waals surface area contributed by atoms with Crippen LogP contribution in [0.15, 0.2) is 36.4 Å². The number of nitrogens with one attached hydrogen (secondary N) is 1. The highest BCUT2D eigenvalue weighted by Gasteiger charge is 2.36. The Morgan fingerprint density at radius 1 is 1.03 bits per heavy atom. The fourth-order valence-electron chi connectivity index (χ4n) is 2.05. The van der Waals surface area contributed by atoms with Gasteiger partial charge in [-0.15, -0.1) is 26.3 Å². The number of phenols is 1. The van der Waals surface area contributed by atoms with Gasteiger partial charge in [0.1, 0.15) is 5.75 Å². The molecule has 0 aromatic heterocycles. The molecule has 0 aliphatic carbocycles. The normalized spacial score (nSPS) is 11.7. The van der Waals surface area contributed by atoms with Gasteiger partial charge in [0.15, 0.2) is 11.5 Å². The van der Waals surface area contributed by atoms with E-state index < -0.39 is 52.1 Å². The molecule has 2 aromatic rings. The lowest BCUT2D eigenvalue weighted by Crippen LogP contribution is -2.20. The molecule has 2 rings (SSSR count). The third-order valence-electron chi connectivity index (χ3n) is 3.07. The van der Waals surface area contributed by atoms with Crippen molar-refractivity contribution in [2.24, 2.45) is 0 Å². The van der Waals surface area contributed by atoms with Crippen LogP contribution in [-0.2, 0) is 0 Å². The van der Waals surface area contributed by atoms with Gasteiger partial charge < -0.3 is 19.9 Å². The number of aromatic hydroxyl groups is 1. The van der Waals surface area contributed by atoms with Crippen molar-refractivity contribution in [3.63, 3.8) is 0 Å². The maximum absolute atomic E-state index is 12.4. The molecule has 0 heterocycles. The topological polar surface area (TPSA) is 111 Å². The van der Waals surface area contributed by atoms with E-state index in [1.165, 1.54) is 0 Å². The minimum Gasteiger partial charge on any atom is -0.504 e. The molecule has 2 N–H and O–H groups in total. The first-order valence-electron chi connectivity index (χ1n) is 7.19. The number of carbonyl (C=O) groups excluding carboxylic acids is 1. The first-order chi connectivity index (χ1) is 13.2. The van der Waals surface area contributed by atoms with Crippen LogP contribution in [0.2, 0.25) is 0 Å². The number of non-ortho nitro benzene ring substituents is 1. The van der Waals surface area contributed by atoms with E-state index in [-0.39, 0.29) is 11.8 Å². The first kappa shape index (κ1) is 21.6. The van der Waals surface area contributed by atoms with Gasteiger partial charge in [-0.05, 0) is 12.1 Å². The van der Waals surface area contributed by atoms with Gasteiger partial charge in [0.2, 0.25) is 0 Å². The number of benzene rings is 2. The van der Waals surface area contributed by atoms with Crippen LogP contribution < -0.4 is 14.8 Å². The minimum atomic E-state index is -5.40. The molecular formula is C15H8F6N2O6. The number of nitrogens with zero attached hydrogens (tertiary/aromatic N) is 1. The maximum Gasteiger partial charge on any atom is 0.573 e. The number of anilines is 1. The summed E-state index contributed by atoms with van der Waals surface area (Å²) < 4.78 is 81.4. The number of alkyl halides is 6. The predicted octanol–water partition coefficient (Wildman–Crippen LogP) is 4.35. The van der Waals surface area contributed by atoms with Crippen LogP contribution in [0.1, 0.15) is 10.4 Å². The highest BCUT2D eigenvalue weighted by Crippen LogP contribution is 2.39. The Morgan fingerprint density at radius 3 is 2.21 bits per heavy atom. The van der Waals surface area contributed by atoms with Crippen molar-refractivity contribution in [1.29, 1.82) is 0 Å². The number of nitro benzene ring substituents is 1. The van der Waals surface area contributed by atoms with Crippen LogP contribution >= 0.6 is 0 Å². The molecule has 0 fully saturated rings. The summed E-state index contributed by atoms with van der Waals surface area (Å²) in [5.41, 5.74) is -1.75. The second-order valence-electron chi connectivity index (χ2n) is 5.17. The number of nitro groups is 1. The summed E-state index contributed by atoms with van der Waals surface area (Å²) in [5.74, 6) is -5.62. The second-order valence-corrected chi connectivity index (χ2v) is 5.17. The van der Waals surface area contributed by atoms with Gasteiger partial charge in [-0.2, -0.15) is 0 Å². The zero-order chi connectivity index (χ0) is 22.0. The Balaban J connectivity index is 2.44. The van der Waals surface area contributed by atoms with Crippen molar-refractivity contribution in [2.45, 2.75) is 12.7 Å². The Morgan fingerprint density at radius 2 is 1.66 bits per heavy atom. The van der Waals surface area contributed by atoms with Gasteiger partial charge in [-0.3, -0.25) is 14.9 Å². The molecule has 156 valence electrons. The van der Waals surface area contributed by atoms with Crippen LogP contribution in [0.3, 0.4) is 0 Å². The third-order valence-corrected chi connectivity index (χ3v) is 3.07. The number of carbonyl (C=O) groups is 1. The Bertz CT molecular complexity index is 944. The quantitative estimate of drug-likeness (QED) is 0.418. The summed E-state index contributed by atoms with van der Waals surface area (Å²) in [7, 11) is 0. The Hall–Kier alpha value is -3.71. The number of hydrogen-bond acceptors (Lipinski definition) is 6. The maximum atomic E-state index is 12.4. The molecule has 2 aromatic carbocycles. The number of halogens is 6. The Kier molecular flexibility index (Phi) is 5.75. The molecule has 0 saturated heterocycles. The molecule has 0 spiro atoms. The lowest BCUT2D eigenvalue weighted by molar-refractivity contribution is -0.384. The molecule has 8 nitrogen and oxygen atoms in total. The standard InChI is InChI=1S/C15H8F6N2O6/c16-14(17,18)28-9-5-10(12(24)11(6-9)29-15(19,20)21)13(25)22-7-2-1-3-8(4-7)23(26)27/h1-6,24H,(H,22,25). The van der Waals surface area contributed by atoms with Crippen molar-refractivity contribution in [3.8, 4) is 17.2 Å². The van der Waals surface area contributed by atoms with E-state index in [1.54, 1.807) is 0 Å². The van der Waals surface area contributed by atoms with Crippen LogP contribution in [0.25, 0.3) is 0 Å². The monoisotopic (exact) mass is 426 g/mol. The predicted molar refractivity (Wildman–Crippen MR) is 82.5 cm³/mol. The highest BCUT2D eigenvalue weighted by atomic mass is 19.4. The van der Waals surface area contributed by atoms with Gasteiger partial charge in [0.25, 0.3) is 11.6 Å². The minimum absolute atomic E-state index is 0.0838. The number of rotatable bonds is 5. The van der Waals surface area contributed by atoms with Gasteiger partial charge in [0, 0.05) is 23.9 Å². The van der Waals surface area contributed by atoms with Crippen molar-refractivity contribution < 1.29 is 50.6 Å². The van der Waals surface area contributed by atoms with Gasteiger partial charge in [-0.1, -0.05) is 6.07 Å². The van der Waals surface area contributed by atoms with Crippen LogP contribution in [0.4, 0.5) is 37.7 Å². The summed E-state index contributed by atoms with van der Waals surface area (Å²) in [6, 6.07) is 4.66. The van der Waals surface area contributed by atoms with Crippen LogP contribution in [0.5, 0.6) is 17.2 Å².